The fraction of sp³-hybridized carbons (Fsp3) is 0.714. The van der Waals surface area contributed by atoms with Crippen molar-refractivity contribution in [2.24, 2.45) is 18.7 Å². The van der Waals surface area contributed by atoms with Crippen LogP contribution in [0.1, 0.15) is 49.4 Å². The summed E-state index contributed by atoms with van der Waals surface area (Å²) < 4.78 is 1.92. The van der Waals surface area contributed by atoms with Crippen molar-refractivity contribution in [3.8, 4) is 0 Å². The molecule has 0 aromatic carbocycles. The maximum Gasteiger partial charge on any atom is 0.222 e. The first kappa shape index (κ1) is 12.7. The molecule has 2 unspecified atom stereocenters. The summed E-state index contributed by atoms with van der Waals surface area (Å²) in [5.74, 6) is 0.659. The molecule has 104 valence electrons. The van der Waals surface area contributed by atoms with Gasteiger partial charge in [-0.25, -0.2) is 0 Å². The molecule has 2 aliphatic carbocycles. The Morgan fingerprint density at radius 3 is 3.11 bits per heavy atom. The Kier molecular flexibility index (Phi) is 3.31. The number of hydrogen-bond acceptors (Lipinski definition) is 3. The molecule has 1 fully saturated rings. The van der Waals surface area contributed by atoms with Crippen LogP contribution in [-0.4, -0.2) is 21.7 Å². The lowest BCUT2D eigenvalue weighted by atomic mass is 9.92. The smallest absolute Gasteiger partial charge is 0.222 e. The van der Waals surface area contributed by atoms with E-state index in [-0.39, 0.29) is 18.0 Å². The van der Waals surface area contributed by atoms with Crippen LogP contribution in [0.25, 0.3) is 0 Å². The number of nitrogens with one attached hydrogen (secondary N) is 1. The SMILES string of the molecule is Cn1ncc2c1CCCC2NC(=O)CC(N)C1CC1. The van der Waals surface area contributed by atoms with Crippen molar-refractivity contribution in [1.82, 2.24) is 15.1 Å². The van der Waals surface area contributed by atoms with E-state index in [1.807, 2.05) is 17.9 Å². The molecule has 3 rings (SSSR count). The van der Waals surface area contributed by atoms with Crippen LogP contribution in [0, 0.1) is 5.92 Å². The predicted octanol–water partition coefficient (Wildman–Crippen LogP) is 1.04. The summed E-state index contributed by atoms with van der Waals surface area (Å²) in [4.78, 5) is 12.1. The zero-order valence-corrected chi connectivity index (χ0v) is 11.4. The minimum absolute atomic E-state index is 0.0389. The van der Waals surface area contributed by atoms with Gasteiger partial charge >= 0.3 is 0 Å². The number of hydrogen-bond donors (Lipinski definition) is 2. The Morgan fingerprint density at radius 1 is 1.58 bits per heavy atom. The maximum absolute atomic E-state index is 12.1. The van der Waals surface area contributed by atoms with Crippen LogP contribution in [0.3, 0.4) is 0 Å². The highest BCUT2D eigenvalue weighted by molar-refractivity contribution is 5.77. The average molecular weight is 262 g/mol. The largest absolute Gasteiger partial charge is 0.349 e. The molecule has 0 bridgehead atoms. The summed E-state index contributed by atoms with van der Waals surface area (Å²) >= 11 is 0. The van der Waals surface area contributed by atoms with Gasteiger partial charge in [0.25, 0.3) is 0 Å². The highest BCUT2D eigenvalue weighted by Crippen LogP contribution is 2.33. The third-order valence-electron chi connectivity index (χ3n) is 4.36. The van der Waals surface area contributed by atoms with E-state index in [9.17, 15) is 4.79 Å². The van der Waals surface area contributed by atoms with Gasteiger partial charge in [0, 0.05) is 30.8 Å². The Balaban J connectivity index is 1.62. The molecule has 3 N–H and O–H groups in total. The van der Waals surface area contributed by atoms with Gasteiger partial charge in [-0.3, -0.25) is 9.48 Å². The fourth-order valence-corrected chi connectivity index (χ4v) is 3.01. The van der Waals surface area contributed by atoms with E-state index >= 15 is 0 Å². The molecular formula is C14H22N4O. The van der Waals surface area contributed by atoms with Crippen molar-refractivity contribution < 1.29 is 4.79 Å². The zero-order chi connectivity index (χ0) is 13.4. The van der Waals surface area contributed by atoms with Gasteiger partial charge in [0.05, 0.1) is 12.2 Å². The highest BCUT2D eigenvalue weighted by Gasteiger charge is 2.31. The monoisotopic (exact) mass is 262 g/mol. The van der Waals surface area contributed by atoms with E-state index in [1.54, 1.807) is 0 Å². The average Bonchev–Trinajstić information content (AvgIpc) is 3.15. The number of aromatic nitrogens is 2. The second-order valence-electron chi connectivity index (χ2n) is 5.89. The molecule has 5 nitrogen and oxygen atoms in total. The molecule has 0 radical (unpaired) electrons. The summed E-state index contributed by atoms with van der Waals surface area (Å²) in [6.45, 7) is 0. The molecule has 0 saturated heterocycles. The van der Waals surface area contributed by atoms with Gasteiger partial charge in [0.2, 0.25) is 5.91 Å². The van der Waals surface area contributed by atoms with E-state index < -0.39 is 0 Å². The van der Waals surface area contributed by atoms with Crippen LogP contribution in [-0.2, 0) is 18.3 Å². The number of carbonyl (C=O) groups is 1. The first-order valence-electron chi connectivity index (χ1n) is 7.21. The number of nitrogens with two attached hydrogens (primary N) is 1. The van der Waals surface area contributed by atoms with Crippen LogP contribution in [0.5, 0.6) is 0 Å². The molecule has 1 saturated carbocycles. The van der Waals surface area contributed by atoms with Crippen LogP contribution in [0.2, 0.25) is 0 Å². The topological polar surface area (TPSA) is 72.9 Å². The lowest BCUT2D eigenvalue weighted by Gasteiger charge is -2.24. The molecule has 2 aliphatic rings. The Bertz CT molecular complexity index is 478. The van der Waals surface area contributed by atoms with E-state index in [4.69, 9.17) is 5.73 Å². The maximum atomic E-state index is 12.1. The Labute approximate surface area is 113 Å². The molecule has 2 atom stereocenters. The quantitative estimate of drug-likeness (QED) is 0.851. The first-order valence-corrected chi connectivity index (χ1v) is 7.21. The van der Waals surface area contributed by atoms with Gasteiger partial charge in [-0.2, -0.15) is 5.10 Å². The molecule has 1 aromatic rings. The zero-order valence-electron chi connectivity index (χ0n) is 11.4. The summed E-state index contributed by atoms with van der Waals surface area (Å²) in [5, 5.41) is 7.43. The number of nitrogens with zero attached hydrogens (tertiary/aromatic N) is 2. The number of fused-ring (bicyclic) bond motifs is 1. The molecule has 1 heterocycles. The van der Waals surface area contributed by atoms with Crippen LogP contribution in [0.4, 0.5) is 0 Å². The van der Waals surface area contributed by atoms with E-state index in [0.29, 0.717) is 12.3 Å². The summed E-state index contributed by atoms with van der Waals surface area (Å²) in [5.41, 5.74) is 8.44. The van der Waals surface area contributed by atoms with Gasteiger partial charge in [-0.15, -0.1) is 0 Å². The Hall–Kier alpha value is -1.36. The van der Waals surface area contributed by atoms with E-state index in [1.165, 1.54) is 24.1 Å². The van der Waals surface area contributed by atoms with E-state index in [2.05, 4.69) is 10.4 Å². The number of aryl methyl sites for hydroxylation is 1. The number of carbonyl (C=O) groups excluding carboxylic acids is 1. The second kappa shape index (κ2) is 4.96. The van der Waals surface area contributed by atoms with Gasteiger partial charge in [0.1, 0.15) is 0 Å². The Morgan fingerprint density at radius 2 is 2.37 bits per heavy atom. The van der Waals surface area contributed by atoms with Crippen molar-refractivity contribution in [3.05, 3.63) is 17.5 Å². The van der Waals surface area contributed by atoms with Crippen molar-refractivity contribution in [2.45, 2.75) is 50.6 Å². The fourth-order valence-electron chi connectivity index (χ4n) is 3.01. The normalized spacial score (nSPS) is 23.8. The van der Waals surface area contributed by atoms with E-state index in [0.717, 1.165) is 19.3 Å². The summed E-state index contributed by atoms with van der Waals surface area (Å²) in [6, 6.07) is 0.160. The molecule has 1 aromatic heterocycles. The van der Waals surface area contributed by atoms with Crippen molar-refractivity contribution in [3.63, 3.8) is 0 Å². The van der Waals surface area contributed by atoms with Crippen molar-refractivity contribution in [1.29, 1.82) is 0 Å². The lowest BCUT2D eigenvalue weighted by Crippen LogP contribution is -2.36. The molecular weight excluding hydrogens is 240 g/mol. The van der Waals surface area contributed by atoms with Crippen molar-refractivity contribution >= 4 is 5.91 Å². The lowest BCUT2D eigenvalue weighted by molar-refractivity contribution is -0.122. The standard InChI is InChI=1S/C14H22N4O/c1-18-13-4-2-3-12(10(13)8-16-18)17-14(19)7-11(15)9-5-6-9/h8-9,11-12H,2-7,15H2,1H3,(H,17,19). The number of rotatable bonds is 4. The summed E-state index contributed by atoms with van der Waals surface area (Å²) in [7, 11) is 1.96. The highest BCUT2D eigenvalue weighted by atomic mass is 16.1. The molecule has 0 spiro atoms. The van der Waals surface area contributed by atoms with Crippen LogP contribution >= 0.6 is 0 Å². The predicted molar refractivity (Wildman–Crippen MR) is 72.3 cm³/mol. The molecule has 1 amide bonds. The minimum atomic E-state index is 0.0389. The number of amides is 1. The molecule has 19 heavy (non-hydrogen) atoms. The van der Waals surface area contributed by atoms with Gasteiger partial charge in [-0.1, -0.05) is 0 Å². The van der Waals surface area contributed by atoms with Crippen molar-refractivity contribution in [2.75, 3.05) is 0 Å². The summed E-state index contributed by atoms with van der Waals surface area (Å²) in [6.07, 6.45) is 7.88. The van der Waals surface area contributed by atoms with Gasteiger partial charge < -0.3 is 11.1 Å². The van der Waals surface area contributed by atoms with Gasteiger partial charge in [0.15, 0.2) is 0 Å². The van der Waals surface area contributed by atoms with Crippen LogP contribution < -0.4 is 11.1 Å². The first-order chi connectivity index (χ1) is 9.15. The van der Waals surface area contributed by atoms with Crippen LogP contribution in [0.15, 0.2) is 6.20 Å². The minimum Gasteiger partial charge on any atom is -0.349 e. The molecule has 5 heteroatoms. The molecule has 0 aliphatic heterocycles. The third kappa shape index (κ3) is 2.66. The van der Waals surface area contributed by atoms with Gasteiger partial charge in [-0.05, 0) is 38.0 Å². The second-order valence-corrected chi connectivity index (χ2v) is 5.89. The third-order valence-corrected chi connectivity index (χ3v) is 4.36.